The summed E-state index contributed by atoms with van der Waals surface area (Å²) >= 11 is 0. The fourth-order valence-corrected chi connectivity index (χ4v) is 10.4. The molecule has 0 saturated carbocycles. The summed E-state index contributed by atoms with van der Waals surface area (Å²) in [7, 11) is 1.32. The van der Waals surface area contributed by atoms with Crippen molar-refractivity contribution in [3.8, 4) is 0 Å². The Kier molecular flexibility index (Phi) is 54.0. The van der Waals surface area contributed by atoms with Crippen molar-refractivity contribution in [2.75, 3.05) is 40.9 Å². The Hall–Kier alpha value is -1.02. The van der Waals surface area contributed by atoms with Gasteiger partial charge in [0.05, 0.1) is 39.9 Å². The van der Waals surface area contributed by atoms with E-state index < -0.39 is 20.0 Å². The Morgan fingerprint density at radius 1 is 0.486 bits per heavy atom. The third kappa shape index (κ3) is 56.7. The molecule has 3 atom stereocenters. The maximum atomic E-state index is 13.0. The van der Waals surface area contributed by atoms with Crippen molar-refractivity contribution >= 4 is 13.7 Å². The number of unbranched alkanes of at least 4 members (excludes halogenated alkanes) is 42. The smallest absolute Gasteiger partial charge is 0.268 e. The highest BCUT2D eigenvalue weighted by Crippen LogP contribution is 2.38. The lowest BCUT2D eigenvalue weighted by Gasteiger charge is -2.30. The number of nitrogens with zero attached hydrogens (tertiary/aromatic N) is 1. The number of hydrogen-bond acceptors (Lipinski definition) is 6. The van der Waals surface area contributed by atoms with Gasteiger partial charge in [0.25, 0.3) is 7.82 Å². The number of allylic oxidation sites excluding steroid dienone is 4. The molecular weight excluding hydrogens is 912 g/mol. The topological polar surface area (TPSA) is 108 Å². The fraction of sp³-hybridized carbons (Fsp3) is 0.921. The summed E-state index contributed by atoms with van der Waals surface area (Å²) in [6.07, 6.45) is 69.4. The van der Waals surface area contributed by atoms with Gasteiger partial charge in [0.1, 0.15) is 13.2 Å². The van der Waals surface area contributed by atoms with E-state index in [-0.39, 0.29) is 19.1 Å². The third-order valence-electron chi connectivity index (χ3n) is 14.7. The van der Waals surface area contributed by atoms with Gasteiger partial charge in [-0.1, -0.05) is 295 Å². The summed E-state index contributed by atoms with van der Waals surface area (Å²) in [6, 6.07) is -0.802. The van der Waals surface area contributed by atoms with E-state index in [9.17, 15) is 19.4 Å². The van der Waals surface area contributed by atoms with Crippen molar-refractivity contribution in [2.45, 2.75) is 334 Å². The van der Waals surface area contributed by atoms with E-state index in [0.29, 0.717) is 23.9 Å². The van der Waals surface area contributed by atoms with Crippen LogP contribution in [0.15, 0.2) is 24.3 Å². The molecule has 0 aliphatic carbocycles. The van der Waals surface area contributed by atoms with Crippen molar-refractivity contribution in [2.24, 2.45) is 0 Å². The number of quaternary nitrogens is 1. The lowest BCUT2D eigenvalue weighted by Crippen LogP contribution is -2.46. The molecule has 0 saturated heterocycles. The van der Waals surface area contributed by atoms with Crippen LogP contribution in [-0.4, -0.2) is 68.5 Å². The van der Waals surface area contributed by atoms with Gasteiger partial charge in [-0.15, -0.1) is 0 Å². The predicted molar refractivity (Wildman–Crippen MR) is 312 cm³/mol. The van der Waals surface area contributed by atoms with Crippen LogP contribution in [0, 0.1) is 0 Å². The Morgan fingerprint density at radius 2 is 0.806 bits per heavy atom. The van der Waals surface area contributed by atoms with Crippen molar-refractivity contribution in [1.29, 1.82) is 0 Å². The lowest BCUT2D eigenvalue weighted by atomic mass is 10.0. The van der Waals surface area contributed by atoms with Gasteiger partial charge in [-0.2, -0.15) is 0 Å². The molecule has 0 heterocycles. The summed E-state index contributed by atoms with van der Waals surface area (Å²) in [5, 5.41) is 14.1. The van der Waals surface area contributed by atoms with Gasteiger partial charge >= 0.3 is 0 Å². The maximum Gasteiger partial charge on any atom is 0.268 e. The molecule has 0 aromatic rings. The number of likely N-dealkylation sites (N-methyl/N-ethyl adjacent to an activating group) is 1. The van der Waals surface area contributed by atoms with Crippen LogP contribution < -0.4 is 10.2 Å². The van der Waals surface area contributed by atoms with Crippen LogP contribution in [0.25, 0.3) is 0 Å². The van der Waals surface area contributed by atoms with Crippen LogP contribution in [0.5, 0.6) is 0 Å². The van der Waals surface area contributed by atoms with Gasteiger partial charge < -0.3 is 28.8 Å². The number of carbonyl (C=O) groups is 1. The molecule has 9 heteroatoms. The van der Waals surface area contributed by atoms with E-state index in [4.69, 9.17) is 9.05 Å². The van der Waals surface area contributed by atoms with E-state index in [1.165, 1.54) is 250 Å². The first kappa shape index (κ1) is 71.0. The number of aliphatic hydroxyl groups excluding tert-OH is 1. The number of carbonyl (C=O) groups excluding carboxylic acids is 1. The molecule has 0 aromatic heterocycles. The Balaban J connectivity index is 4.09. The Labute approximate surface area is 449 Å². The molecule has 428 valence electrons. The van der Waals surface area contributed by atoms with Crippen LogP contribution >= 0.6 is 7.82 Å². The highest BCUT2D eigenvalue weighted by Gasteiger charge is 2.24. The average Bonchev–Trinajstić information content (AvgIpc) is 3.34. The fourth-order valence-electron chi connectivity index (χ4n) is 9.72. The van der Waals surface area contributed by atoms with Gasteiger partial charge in [-0.05, 0) is 44.9 Å². The van der Waals surface area contributed by atoms with Crippen LogP contribution in [0.4, 0.5) is 0 Å². The Bertz CT molecular complexity index is 1220. The number of hydrogen-bond donors (Lipinski definition) is 2. The average molecular weight is 1040 g/mol. The quantitative estimate of drug-likeness (QED) is 0.0272. The van der Waals surface area contributed by atoms with Gasteiger partial charge in [0, 0.05) is 6.42 Å². The minimum atomic E-state index is -4.58. The van der Waals surface area contributed by atoms with E-state index >= 15 is 0 Å². The number of rotatable bonds is 59. The Morgan fingerprint density at radius 3 is 1.15 bits per heavy atom. The summed E-state index contributed by atoms with van der Waals surface area (Å²) < 4.78 is 23.5. The van der Waals surface area contributed by atoms with Crippen LogP contribution in [0.1, 0.15) is 322 Å². The molecule has 0 rings (SSSR count). The number of amides is 1. The maximum absolute atomic E-state index is 13.0. The molecule has 8 nitrogen and oxygen atoms in total. The minimum Gasteiger partial charge on any atom is -0.756 e. The lowest BCUT2D eigenvalue weighted by molar-refractivity contribution is -0.870. The zero-order chi connectivity index (χ0) is 52.7. The molecule has 0 bridgehead atoms. The standard InChI is InChI=1S/C63H125N2O6P/c1-6-8-10-12-14-16-18-20-22-24-26-28-30-31-32-33-35-36-38-40-42-44-46-48-50-52-54-56-62(66)61(60-71-72(68,69)70-59-58-65(3,4)5)64-63(67)57-55-53-51-49-47-45-43-41-39-37-34-29-27-25-23-21-19-17-15-13-11-9-7-2/h19,21,25,27,61-62,66H,6-18,20,22-24,26,28-60H2,1-5H3,(H-,64,67,68,69)/b21-19-,27-25-. The van der Waals surface area contributed by atoms with Crippen LogP contribution in [0.2, 0.25) is 0 Å². The van der Waals surface area contributed by atoms with E-state index in [1.807, 2.05) is 21.1 Å². The normalized spacial score (nSPS) is 13.9. The van der Waals surface area contributed by atoms with Crippen LogP contribution in [-0.2, 0) is 18.4 Å². The molecule has 0 radical (unpaired) electrons. The van der Waals surface area contributed by atoms with Gasteiger partial charge in [0.15, 0.2) is 0 Å². The van der Waals surface area contributed by atoms with E-state index in [0.717, 1.165) is 44.9 Å². The summed E-state index contributed by atoms with van der Waals surface area (Å²) in [5.74, 6) is -0.162. The van der Waals surface area contributed by atoms with Crippen molar-refractivity contribution in [3.63, 3.8) is 0 Å². The SMILES string of the molecule is CCCCCCC/C=C\C/C=C\CCCCCCCCCCCCCC(=O)NC(COP(=O)([O-])OCC[N+](C)(C)C)C(O)CCCCCCCCCCCCCCCCCCCCCCCCCCCCC. The molecule has 0 spiro atoms. The minimum absolute atomic E-state index is 0.0134. The summed E-state index contributed by atoms with van der Waals surface area (Å²) in [5.41, 5.74) is 0. The molecule has 72 heavy (non-hydrogen) atoms. The second-order valence-electron chi connectivity index (χ2n) is 23.1. The summed E-state index contributed by atoms with van der Waals surface area (Å²) in [6.45, 7) is 4.76. The van der Waals surface area contributed by atoms with Crippen molar-refractivity contribution in [1.82, 2.24) is 5.32 Å². The van der Waals surface area contributed by atoms with Crippen molar-refractivity contribution < 1.29 is 32.9 Å². The van der Waals surface area contributed by atoms with Gasteiger partial charge in [0.2, 0.25) is 5.91 Å². The highest BCUT2D eigenvalue weighted by molar-refractivity contribution is 7.45. The monoisotopic (exact) mass is 1040 g/mol. The predicted octanol–water partition coefficient (Wildman–Crippen LogP) is 18.9. The molecule has 0 aliphatic rings. The number of nitrogens with one attached hydrogen (secondary N) is 1. The molecule has 1 amide bonds. The molecular formula is C63H125N2O6P. The first-order valence-corrected chi connectivity index (χ1v) is 33.1. The van der Waals surface area contributed by atoms with Crippen LogP contribution in [0.3, 0.4) is 0 Å². The first-order chi connectivity index (χ1) is 35.0. The zero-order valence-corrected chi connectivity index (χ0v) is 49.8. The molecule has 0 aromatic carbocycles. The number of aliphatic hydroxyl groups is 1. The molecule has 3 unspecified atom stereocenters. The van der Waals surface area contributed by atoms with Gasteiger partial charge in [-0.25, -0.2) is 0 Å². The molecule has 0 fully saturated rings. The van der Waals surface area contributed by atoms with E-state index in [2.05, 4.69) is 43.5 Å². The molecule has 0 aliphatic heterocycles. The molecule has 2 N–H and O–H groups in total. The first-order valence-electron chi connectivity index (χ1n) is 31.7. The van der Waals surface area contributed by atoms with E-state index in [1.54, 1.807) is 0 Å². The second kappa shape index (κ2) is 54.8. The number of phosphoric ester groups is 1. The largest absolute Gasteiger partial charge is 0.756 e. The van der Waals surface area contributed by atoms with Gasteiger partial charge in [-0.3, -0.25) is 9.36 Å². The van der Waals surface area contributed by atoms with Crippen molar-refractivity contribution in [3.05, 3.63) is 24.3 Å². The number of phosphoric acid groups is 1. The zero-order valence-electron chi connectivity index (χ0n) is 48.9. The highest BCUT2D eigenvalue weighted by atomic mass is 31.2. The third-order valence-corrected chi connectivity index (χ3v) is 15.7. The second-order valence-corrected chi connectivity index (χ2v) is 24.5. The summed E-state index contributed by atoms with van der Waals surface area (Å²) in [4.78, 5) is 25.6.